The molecule has 13 heavy (non-hydrogen) atoms. The first-order valence-electron chi connectivity index (χ1n) is 4.17. The van der Waals surface area contributed by atoms with Crippen molar-refractivity contribution in [2.75, 3.05) is 0 Å². The summed E-state index contributed by atoms with van der Waals surface area (Å²) in [6.07, 6.45) is 4.68. The van der Waals surface area contributed by atoms with E-state index >= 15 is 0 Å². The van der Waals surface area contributed by atoms with Crippen LogP contribution in [-0.2, 0) is 9.59 Å². The molecule has 72 valence electrons. The van der Waals surface area contributed by atoms with Crippen LogP contribution in [0.5, 0.6) is 0 Å². The van der Waals surface area contributed by atoms with Gasteiger partial charge in [0.05, 0.1) is 6.04 Å². The predicted octanol–water partition coefficient (Wildman–Crippen LogP) is 0.922. The molecule has 0 saturated carbocycles. The number of carbonyl (C=O) groups excluding carboxylic acids is 2. The molecule has 2 N–H and O–H groups in total. The molecule has 0 aromatic rings. The Labute approximate surface area is 77.5 Å². The molecule has 0 rings (SSSR count). The highest BCUT2D eigenvalue weighted by molar-refractivity contribution is 5.91. The van der Waals surface area contributed by atoms with Gasteiger partial charge in [0, 0.05) is 5.57 Å². The van der Waals surface area contributed by atoms with Crippen molar-refractivity contribution < 1.29 is 9.59 Å². The maximum atomic E-state index is 10.7. The number of aliphatic imine (C=N–C) groups is 1. The summed E-state index contributed by atoms with van der Waals surface area (Å²) in [6, 6.07) is -0.269. The van der Waals surface area contributed by atoms with Gasteiger partial charge in [-0.2, -0.15) is 4.99 Å². The highest BCUT2D eigenvalue weighted by Gasteiger charge is 2.04. The van der Waals surface area contributed by atoms with Crippen LogP contribution in [0.2, 0.25) is 0 Å². The van der Waals surface area contributed by atoms with Gasteiger partial charge in [0.25, 0.3) is 0 Å². The number of nitrogens with zero attached hydrogens (tertiary/aromatic N) is 1. The Morgan fingerprint density at radius 1 is 1.69 bits per heavy atom. The van der Waals surface area contributed by atoms with Crippen LogP contribution in [0.15, 0.2) is 16.6 Å². The summed E-state index contributed by atoms with van der Waals surface area (Å²) in [5.74, 6) is -0.484. The molecule has 0 aromatic carbocycles. The molecule has 0 radical (unpaired) electrons. The number of hydrogen-bond donors (Lipinski definition) is 1. The Balaban J connectivity index is 4.47. The largest absolute Gasteiger partial charge is 0.366 e. The van der Waals surface area contributed by atoms with E-state index in [1.165, 1.54) is 6.08 Å². The molecule has 1 amide bonds. The number of rotatable bonds is 5. The topological polar surface area (TPSA) is 72.5 Å². The normalized spacial score (nSPS) is 13.2. The van der Waals surface area contributed by atoms with Gasteiger partial charge in [0.2, 0.25) is 12.0 Å². The van der Waals surface area contributed by atoms with Crippen LogP contribution >= 0.6 is 0 Å². The smallest absolute Gasteiger partial charge is 0.244 e. The van der Waals surface area contributed by atoms with Crippen LogP contribution < -0.4 is 5.73 Å². The fraction of sp³-hybridized carbons (Fsp3) is 0.556. The molecule has 4 heteroatoms. The average Bonchev–Trinajstić information content (AvgIpc) is 2.05. The first kappa shape index (κ1) is 11.6. The van der Waals surface area contributed by atoms with E-state index in [4.69, 9.17) is 5.73 Å². The third kappa shape index (κ3) is 4.93. The van der Waals surface area contributed by atoms with Crippen LogP contribution in [0.1, 0.15) is 26.7 Å². The van der Waals surface area contributed by atoms with Crippen molar-refractivity contribution in [3.05, 3.63) is 11.6 Å². The zero-order chi connectivity index (χ0) is 10.3. The molecule has 0 saturated heterocycles. The number of isocyanates is 1. The Kier molecular flexibility index (Phi) is 5.48. The zero-order valence-corrected chi connectivity index (χ0v) is 7.91. The van der Waals surface area contributed by atoms with Crippen molar-refractivity contribution in [3.63, 3.8) is 0 Å². The molecule has 4 nitrogen and oxygen atoms in total. The van der Waals surface area contributed by atoms with Gasteiger partial charge in [-0.05, 0) is 13.3 Å². The maximum Gasteiger partial charge on any atom is 0.244 e. The number of primary amides is 1. The third-order valence-electron chi connectivity index (χ3n) is 1.63. The first-order chi connectivity index (χ1) is 6.11. The van der Waals surface area contributed by atoms with Crippen LogP contribution in [0.4, 0.5) is 0 Å². The minimum Gasteiger partial charge on any atom is -0.366 e. The highest BCUT2D eigenvalue weighted by Crippen LogP contribution is 2.05. The van der Waals surface area contributed by atoms with E-state index in [0.717, 1.165) is 12.8 Å². The molecule has 0 heterocycles. The molecule has 0 aliphatic carbocycles. The summed E-state index contributed by atoms with van der Waals surface area (Å²) < 4.78 is 0. The SMILES string of the molecule is CCCC(/C=C(\C)C(N)=O)N=C=O. The molecule has 0 aromatic heterocycles. The molecule has 0 aliphatic rings. The van der Waals surface area contributed by atoms with E-state index in [2.05, 4.69) is 4.99 Å². The van der Waals surface area contributed by atoms with Gasteiger partial charge in [-0.15, -0.1) is 0 Å². The third-order valence-corrected chi connectivity index (χ3v) is 1.63. The van der Waals surface area contributed by atoms with Gasteiger partial charge in [-0.1, -0.05) is 19.4 Å². The fourth-order valence-electron chi connectivity index (χ4n) is 0.919. The van der Waals surface area contributed by atoms with Crippen LogP contribution in [0, 0.1) is 0 Å². The molecule has 1 atom stereocenters. The van der Waals surface area contributed by atoms with Gasteiger partial charge in [0.1, 0.15) is 0 Å². The lowest BCUT2D eigenvalue weighted by molar-refractivity contribution is -0.114. The van der Waals surface area contributed by atoms with E-state index in [-0.39, 0.29) is 6.04 Å². The molecule has 0 bridgehead atoms. The Bertz CT molecular complexity index is 252. The van der Waals surface area contributed by atoms with E-state index in [9.17, 15) is 9.59 Å². The van der Waals surface area contributed by atoms with Crippen molar-refractivity contribution >= 4 is 12.0 Å². The van der Waals surface area contributed by atoms with Crippen molar-refractivity contribution in [2.24, 2.45) is 10.7 Å². The maximum absolute atomic E-state index is 10.7. The number of amides is 1. The van der Waals surface area contributed by atoms with Gasteiger partial charge >= 0.3 is 0 Å². The van der Waals surface area contributed by atoms with Crippen molar-refractivity contribution in [2.45, 2.75) is 32.7 Å². The summed E-state index contributed by atoms with van der Waals surface area (Å²) in [6.45, 7) is 3.58. The zero-order valence-electron chi connectivity index (χ0n) is 7.91. The standard InChI is InChI=1S/C9H14N2O2/c1-3-4-8(11-6-12)5-7(2)9(10)13/h5,8H,3-4H2,1-2H3,(H2,10,13)/b7-5+. The van der Waals surface area contributed by atoms with Crippen molar-refractivity contribution in [3.8, 4) is 0 Å². The Hall–Kier alpha value is -1.41. The second-order valence-electron chi connectivity index (χ2n) is 2.79. The lowest BCUT2D eigenvalue weighted by Gasteiger charge is -2.03. The first-order valence-corrected chi connectivity index (χ1v) is 4.17. The van der Waals surface area contributed by atoms with Crippen LogP contribution in [0.25, 0.3) is 0 Å². The van der Waals surface area contributed by atoms with E-state index < -0.39 is 5.91 Å². The van der Waals surface area contributed by atoms with Crippen molar-refractivity contribution in [1.29, 1.82) is 0 Å². The highest BCUT2D eigenvalue weighted by atomic mass is 16.1. The number of carbonyl (C=O) groups is 1. The van der Waals surface area contributed by atoms with Gasteiger partial charge in [-0.3, -0.25) is 4.79 Å². The minimum absolute atomic E-state index is 0.269. The summed E-state index contributed by atoms with van der Waals surface area (Å²) in [4.78, 5) is 24.2. The monoisotopic (exact) mass is 182 g/mol. The summed E-state index contributed by atoms with van der Waals surface area (Å²) in [5, 5.41) is 0. The predicted molar refractivity (Wildman–Crippen MR) is 49.8 cm³/mol. The summed E-state index contributed by atoms with van der Waals surface area (Å²) in [5.41, 5.74) is 5.46. The lowest BCUT2D eigenvalue weighted by Crippen LogP contribution is -2.13. The Morgan fingerprint density at radius 2 is 2.31 bits per heavy atom. The fourth-order valence-corrected chi connectivity index (χ4v) is 0.919. The second kappa shape index (κ2) is 6.14. The number of nitrogens with two attached hydrogens (primary N) is 1. The Morgan fingerprint density at radius 3 is 2.69 bits per heavy atom. The van der Waals surface area contributed by atoms with Gasteiger partial charge in [-0.25, -0.2) is 4.79 Å². The van der Waals surface area contributed by atoms with Gasteiger partial charge in [0.15, 0.2) is 0 Å². The van der Waals surface area contributed by atoms with E-state index in [1.54, 1.807) is 13.0 Å². The van der Waals surface area contributed by atoms with E-state index in [1.807, 2.05) is 6.92 Å². The average molecular weight is 182 g/mol. The van der Waals surface area contributed by atoms with Crippen molar-refractivity contribution in [1.82, 2.24) is 0 Å². The lowest BCUT2D eigenvalue weighted by atomic mass is 10.1. The van der Waals surface area contributed by atoms with E-state index in [0.29, 0.717) is 5.57 Å². The van der Waals surface area contributed by atoms with Crippen LogP contribution in [-0.4, -0.2) is 18.0 Å². The quantitative estimate of drug-likeness (QED) is 0.390. The molecule has 1 unspecified atom stereocenters. The van der Waals surface area contributed by atoms with Crippen LogP contribution in [0.3, 0.4) is 0 Å². The van der Waals surface area contributed by atoms with Gasteiger partial charge < -0.3 is 5.73 Å². The molecular formula is C9H14N2O2. The summed E-state index contributed by atoms with van der Waals surface area (Å²) >= 11 is 0. The molecule has 0 spiro atoms. The minimum atomic E-state index is -0.484. The molecule has 0 aliphatic heterocycles. The number of hydrogen-bond acceptors (Lipinski definition) is 3. The molecule has 0 fully saturated rings. The molecular weight excluding hydrogens is 168 g/mol. The summed E-state index contributed by atoms with van der Waals surface area (Å²) in [7, 11) is 0. The second-order valence-corrected chi connectivity index (χ2v) is 2.79.